The highest BCUT2D eigenvalue weighted by molar-refractivity contribution is 7.99. The zero-order chi connectivity index (χ0) is 18.6. The molecule has 4 rings (SSSR count). The molecule has 1 aromatic heterocycles. The number of rotatable bonds is 5. The molecule has 1 aliphatic heterocycles. The molecule has 0 N–H and O–H groups in total. The summed E-state index contributed by atoms with van der Waals surface area (Å²) < 4.78 is 2.01. The molecule has 0 atom stereocenters. The number of likely N-dealkylation sites (tertiary alicyclic amines) is 1. The fourth-order valence-electron chi connectivity index (χ4n) is 3.60. The Balaban J connectivity index is 1.45. The van der Waals surface area contributed by atoms with Crippen LogP contribution in [0.1, 0.15) is 30.7 Å². The van der Waals surface area contributed by atoms with Crippen LogP contribution >= 0.6 is 11.8 Å². The van der Waals surface area contributed by atoms with Crippen LogP contribution in [0.4, 0.5) is 0 Å². The van der Waals surface area contributed by atoms with Gasteiger partial charge in [-0.05, 0) is 35.6 Å². The van der Waals surface area contributed by atoms with Crippen molar-refractivity contribution < 1.29 is 4.79 Å². The molecule has 1 aliphatic rings. The Morgan fingerprint density at radius 1 is 1.04 bits per heavy atom. The van der Waals surface area contributed by atoms with Crippen molar-refractivity contribution in [1.82, 2.24) is 19.7 Å². The summed E-state index contributed by atoms with van der Waals surface area (Å²) in [5, 5.41) is 12.0. The number of carbonyl (C=O) groups excluding carboxylic acids is 1. The van der Waals surface area contributed by atoms with E-state index < -0.39 is 0 Å². The van der Waals surface area contributed by atoms with E-state index in [4.69, 9.17) is 0 Å². The number of carbonyl (C=O) groups is 1. The summed E-state index contributed by atoms with van der Waals surface area (Å²) in [6, 6.07) is 14.8. The third-order valence-corrected chi connectivity index (χ3v) is 6.19. The van der Waals surface area contributed by atoms with Crippen molar-refractivity contribution in [3.63, 3.8) is 0 Å². The van der Waals surface area contributed by atoms with E-state index in [2.05, 4.69) is 52.7 Å². The van der Waals surface area contributed by atoms with E-state index in [1.165, 1.54) is 34.5 Å². The van der Waals surface area contributed by atoms with Gasteiger partial charge in [-0.3, -0.25) is 4.79 Å². The Kier molecular flexibility index (Phi) is 5.43. The molecule has 1 amide bonds. The number of fused-ring (bicyclic) bond motifs is 1. The van der Waals surface area contributed by atoms with Crippen LogP contribution in [0.2, 0.25) is 0 Å². The van der Waals surface area contributed by atoms with E-state index in [1.807, 2.05) is 16.5 Å². The van der Waals surface area contributed by atoms with Crippen LogP contribution in [0.3, 0.4) is 0 Å². The number of benzene rings is 2. The van der Waals surface area contributed by atoms with Gasteiger partial charge in [-0.2, -0.15) is 0 Å². The lowest BCUT2D eigenvalue weighted by molar-refractivity contribution is -0.129. The Labute approximate surface area is 163 Å². The van der Waals surface area contributed by atoms with E-state index in [9.17, 15) is 4.79 Å². The normalized spacial score (nSPS) is 14.6. The molecular formula is C21H24N4OS. The Bertz CT molecular complexity index is 941. The first kappa shape index (κ1) is 18.0. The zero-order valence-electron chi connectivity index (χ0n) is 15.6. The van der Waals surface area contributed by atoms with Crippen molar-refractivity contribution >= 4 is 28.4 Å². The van der Waals surface area contributed by atoms with Gasteiger partial charge in [-0.25, -0.2) is 0 Å². The van der Waals surface area contributed by atoms with Gasteiger partial charge in [0.1, 0.15) is 5.82 Å². The summed E-state index contributed by atoms with van der Waals surface area (Å²) in [4.78, 5) is 14.4. The fraction of sp³-hybridized carbons (Fsp3) is 0.381. The van der Waals surface area contributed by atoms with Gasteiger partial charge < -0.3 is 9.47 Å². The average molecular weight is 381 g/mol. The summed E-state index contributed by atoms with van der Waals surface area (Å²) in [5.74, 6) is 1.55. The topological polar surface area (TPSA) is 51.0 Å². The van der Waals surface area contributed by atoms with Crippen LogP contribution in [0.5, 0.6) is 0 Å². The van der Waals surface area contributed by atoms with E-state index in [1.54, 1.807) is 0 Å². The van der Waals surface area contributed by atoms with Crippen molar-refractivity contribution in [2.45, 2.75) is 30.8 Å². The quantitative estimate of drug-likeness (QED) is 0.634. The van der Waals surface area contributed by atoms with E-state index in [0.29, 0.717) is 5.75 Å². The number of hydrogen-bond donors (Lipinski definition) is 0. The number of aromatic nitrogens is 3. The Morgan fingerprint density at radius 3 is 2.67 bits per heavy atom. The summed E-state index contributed by atoms with van der Waals surface area (Å²) in [7, 11) is 1.98. The molecule has 0 radical (unpaired) electrons. The van der Waals surface area contributed by atoms with Crippen LogP contribution in [0.15, 0.2) is 47.6 Å². The molecule has 0 saturated carbocycles. The lowest BCUT2D eigenvalue weighted by atomic mass is 10.0. The standard InChI is InChI=1S/C21H24N4OS/c1-24-19(14-17-10-7-9-16-8-3-4-11-18(16)17)22-23-21(24)27-15-20(26)25-12-5-2-6-13-25/h3-4,7-11H,2,5-6,12-15H2,1H3. The van der Waals surface area contributed by atoms with Gasteiger partial charge in [-0.15, -0.1) is 10.2 Å². The predicted molar refractivity (Wildman–Crippen MR) is 109 cm³/mol. The summed E-state index contributed by atoms with van der Waals surface area (Å²) in [6.45, 7) is 1.79. The molecule has 0 unspecified atom stereocenters. The number of nitrogens with zero attached hydrogens (tertiary/aromatic N) is 4. The first-order chi connectivity index (χ1) is 13.2. The third kappa shape index (κ3) is 4.00. The molecular weight excluding hydrogens is 356 g/mol. The minimum Gasteiger partial charge on any atom is -0.342 e. The van der Waals surface area contributed by atoms with E-state index in [0.717, 1.165) is 43.3 Å². The minimum atomic E-state index is 0.207. The molecule has 0 aliphatic carbocycles. The number of thioether (sulfide) groups is 1. The molecule has 0 bridgehead atoms. The van der Waals surface area contributed by atoms with Crippen molar-refractivity contribution in [2.75, 3.05) is 18.8 Å². The lowest BCUT2D eigenvalue weighted by Gasteiger charge is -2.26. The van der Waals surface area contributed by atoms with Gasteiger partial charge in [-0.1, -0.05) is 54.2 Å². The van der Waals surface area contributed by atoms with Gasteiger partial charge >= 0.3 is 0 Å². The average Bonchev–Trinajstić information content (AvgIpc) is 3.06. The van der Waals surface area contributed by atoms with Gasteiger partial charge in [0.15, 0.2) is 5.16 Å². The molecule has 6 heteroatoms. The second-order valence-electron chi connectivity index (χ2n) is 7.00. The lowest BCUT2D eigenvalue weighted by Crippen LogP contribution is -2.36. The highest BCUT2D eigenvalue weighted by atomic mass is 32.2. The maximum atomic E-state index is 12.4. The Hall–Kier alpha value is -2.34. The van der Waals surface area contributed by atoms with Crippen LogP contribution in [-0.2, 0) is 18.3 Å². The molecule has 0 spiro atoms. The minimum absolute atomic E-state index is 0.207. The summed E-state index contributed by atoms with van der Waals surface area (Å²) in [6.07, 6.45) is 4.20. The monoisotopic (exact) mass is 380 g/mol. The molecule has 140 valence electrons. The Morgan fingerprint density at radius 2 is 1.81 bits per heavy atom. The predicted octanol–water partition coefficient (Wildman–Crippen LogP) is 3.66. The second kappa shape index (κ2) is 8.13. The molecule has 3 aromatic rings. The number of piperidine rings is 1. The van der Waals surface area contributed by atoms with Gasteiger partial charge in [0, 0.05) is 26.6 Å². The zero-order valence-corrected chi connectivity index (χ0v) is 16.4. The second-order valence-corrected chi connectivity index (χ2v) is 7.95. The molecule has 2 heterocycles. The smallest absolute Gasteiger partial charge is 0.233 e. The van der Waals surface area contributed by atoms with E-state index in [-0.39, 0.29) is 5.91 Å². The maximum Gasteiger partial charge on any atom is 0.233 e. The largest absolute Gasteiger partial charge is 0.342 e. The SMILES string of the molecule is Cn1c(Cc2cccc3ccccc23)nnc1SCC(=O)N1CCCCC1. The van der Waals surface area contributed by atoms with Gasteiger partial charge in [0.2, 0.25) is 5.91 Å². The highest BCUT2D eigenvalue weighted by Gasteiger charge is 2.18. The fourth-order valence-corrected chi connectivity index (χ4v) is 4.44. The summed E-state index contributed by atoms with van der Waals surface area (Å²) >= 11 is 1.48. The molecule has 1 fully saturated rings. The van der Waals surface area contributed by atoms with E-state index >= 15 is 0 Å². The molecule has 1 saturated heterocycles. The number of hydrogen-bond acceptors (Lipinski definition) is 4. The van der Waals surface area contributed by atoms with Crippen LogP contribution in [0.25, 0.3) is 10.8 Å². The first-order valence-electron chi connectivity index (χ1n) is 9.48. The summed E-state index contributed by atoms with van der Waals surface area (Å²) in [5.41, 5.74) is 1.24. The van der Waals surface area contributed by atoms with Gasteiger partial charge in [0.05, 0.1) is 5.75 Å². The highest BCUT2D eigenvalue weighted by Crippen LogP contribution is 2.23. The molecule has 2 aromatic carbocycles. The van der Waals surface area contributed by atoms with Crippen molar-refractivity contribution in [3.8, 4) is 0 Å². The van der Waals surface area contributed by atoms with Crippen molar-refractivity contribution in [2.24, 2.45) is 7.05 Å². The maximum absolute atomic E-state index is 12.4. The first-order valence-corrected chi connectivity index (χ1v) is 10.5. The van der Waals surface area contributed by atoms with Crippen molar-refractivity contribution in [1.29, 1.82) is 0 Å². The third-order valence-electron chi connectivity index (χ3n) is 5.19. The van der Waals surface area contributed by atoms with Gasteiger partial charge in [0.25, 0.3) is 0 Å². The van der Waals surface area contributed by atoms with Crippen LogP contribution < -0.4 is 0 Å². The molecule has 5 nitrogen and oxygen atoms in total. The van der Waals surface area contributed by atoms with Crippen LogP contribution in [-0.4, -0.2) is 44.4 Å². The molecule has 27 heavy (non-hydrogen) atoms. The number of amides is 1. The van der Waals surface area contributed by atoms with Crippen LogP contribution in [0, 0.1) is 0 Å². The van der Waals surface area contributed by atoms with Crippen molar-refractivity contribution in [3.05, 3.63) is 53.9 Å².